The highest BCUT2D eigenvalue weighted by Crippen LogP contribution is 2.22. The number of rotatable bonds is 4. The first kappa shape index (κ1) is 13.2. The fourth-order valence-corrected chi connectivity index (χ4v) is 1.60. The van der Waals surface area contributed by atoms with E-state index in [1.165, 1.54) is 6.92 Å². The highest BCUT2D eigenvalue weighted by Gasteiger charge is 2.24. The van der Waals surface area contributed by atoms with E-state index in [1.807, 2.05) is 6.92 Å². The van der Waals surface area contributed by atoms with Gasteiger partial charge in [-0.15, -0.1) is 0 Å². The average Bonchev–Trinajstić information content (AvgIpc) is 2.23. The van der Waals surface area contributed by atoms with Gasteiger partial charge in [-0.05, 0) is 26.2 Å². The minimum Gasteiger partial charge on any atom is -0.370 e. The molecule has 2 atom stereocenters. The van der Waals surface area contributed by atoms with Gasteiger partial charge in [0.2, 0.25) is 0 Å². The zero-order valence-corrected chi connectivity index (χ0v) is 10.0. The molecule has 1 aliphatic carbocycles. The Morgan fingerprint density at radius 1 is 1.56 bits per heavy atom. The van der Waals surface area contributed by atoms with Gasteiger partial charge in [-0.1, -0.05) is 18.8 Å². The molecule has 1 rings (SSSR count). The van der Waals surface area contributed by atoms with E-state index in [1.54, 1.807) is 0 Å². The van der Waals surface area contributed by atoms with Crippen LogP contribution in [0, 0.1) is 11.8 Å². The van der Waals surface area contributed by atoms with Crippen LogP contribution < -0.4 is 0 Å². The second kappa shape index (κ2) is 6.00. The van der Waals surface area contributed by atoms with Crippen LogP contribution in [0.1, 0.15) is 46.0 Å². The molecule has 0 N–H and O–H groups in total. The lowest BCUT2D eigenvalue weighted by Gasteiger charge is -2.21. The van der Waals surface area contributed by atoms with Crippen LogP contribution in [0.3, 0.4) is 0 Å². The van der Waals surface area contributed by atoms with Crippen LogP contribution in [-0.2, 0) is 9.53 Å². The Morgan fingerprint density at radius 2 is 2.31 bits per heavy atom. The van der Waals surface area contributed by atoms with Gasteiger partial charge in [0.15, 0.2) is 11.5 Å². The Bertz CT molecular complexity index is 299. The molecule has 0 spiro atoms. The molecule has 0 amide bonds. The van der Waals surface area contributed by atoms with Gasteiger partial charge in [0.05, 0.1) is 6.10 Å². The van der Waals surface area contributed by atoms with E-state index >= 15 is 0 Å². The van der Waals surface area contributed by atoms with E-state index in [0.29, 0.717) is 25.7 Å². The summed E-state index contributed by atoms with van der Waals surface area (Å²) in [5, 5.41) is 0. The normalized spacial score (nSPS) is 29.8. The Kier molecular flexibility index (Phi) is 4.95. The highest BCUT2D eigenvalue weighted by molar-refractivity contribution is 5.79. The molecular weight excluding hydrogens is 207 g/mol. The van der Waals surface area contributed by atoms with Crippen molar-refractivity contribution in [2.24, 2.45) is 0 Å². The second-order valence-corrected chi connectivity index (χ2v) is 4.40. The predicted octanol–water partition coefficient (Wildman–Crippen LogP) is 2.66. The molecule has 0 heterocycles. The molecule has 16 heavy (non-hydrogen) atoms. The lowest BCUT2D eigenvalue weighted by atomic mass is 9.95. The number of hydrogen-bond acceptors (Lipinski definition) is 2. The maximum Gasteiger partial charge on any atom is 0.168 e. The van der Waals surface area contributed by atoms with Crippen LogP contribution in [0.5, 0.6) is 0 Å². The van der Waals surface area contributed by atoms with Crippen LogP contribution >= 0.6 is 0 Å². The Labute approximate surface area is 96.6 Å². The molecule has 0 fully saturated rings. The third kappa shape index (κ3) is 4.76. The molecule has 1 aliphatic rings. The standard InChI is InChI=1S/C13H19FO2/c1-3-11(15)10-16-12-6-4-5-8-13(2,14)9-7-12/h12H,3-4,6-7,9-10H2,1-2H3. The fraction of sp³-hybridized carbons (Fsp3) is 0.769. The molecule has 0 aliphatic heterocycles. The number of Topliss-reactive ketones (excluding diaryl/α,β-unsaturated/α-hetero) is 1. The van der Waals surface area contributed by atoms with Crippen LogP contribution in [-0.4, -0.2) is 24.2 Å². The minimum atomic E-state index is -1.41. The molecule has 2 unspecified atom stereocenters. The smallest absolute Gasteiger partial charge is 0.168 e. The van der Waals surface area contributed by atoms with Crippen LogP contribution in [0.25, 0.3) is 0 Å². The van der Waals surface area contributed by atoms with Crippen LogP contribution in [0.4, 0.5) is 4.39 Å². The van der Waals surface area contributed by atoms with E-state index in [2.05, 4.69) is 11.8 Å². The van der Waals surface area contributed by atoms with Crippen molar-refractivity contribution in [2.75, 3.05) is 6.61 Å². The van der Waals surface area contributed by atoms with Gasteiger partial charge in [0.1, 0.15) is 6.61 Å². The lowest BCUT2D eigenvalue weighted by Crippen LogP contribution is -2.24. The molecule has 0 saturated heterocycles. The first-order chi connectivity index (χ1) is 7.53. The van der Waals surface area contributed by atoms with Gasteiger partial charge in [0, 0.05) is 12.8 Å². The molecule has 3 heteroatoms. The van der Waals surface area contributed by atoms with Gasteiger partial charge < -0.3 is 4.74 Å². The van der Waals surface area contributed by atoms with E-state index in [0.717, 1.165) is 6.42 Å². The van der Waals surface area contributed by atoms with Gasteiger partial charge in [-0.3, -0.25) is 4.79 Å². The van der Waals surface area contributed by atoms with Crippen molar-refractivity contribution in [1.29, 1.82) is 0 Å². The molecule has 2 nitrogen and oxygen atoms in total. The third-order valence-electron chi connectivity index (χ3n) is 2.75. The number of ketones is 1. The van der Waals surface area contributed by atoms with Crippen molar-refractivity contribution in [1.82, 2.24) is 0 Å². The predicted molar refractivity (Wildman–Crippen MR) is 60.8 cm³/mol. The molecule has 0 aromatic heterocycles. The summed E-state index contributed by atoms with van der Waals surface area (Å²) in [7, 11) is 0. The summed E-state index contributed by atoms with van der Waals surface area (Å²) < 4.78 is 19.1. The largest absolute Gasteiger partial charge is 0.370 e. The molecule has 0 aromatic rings. The summed E-state index contributed by atoms with van der Waals surface area (Å²) in [4.78, 5) is 11.1. The van der Waals surface area contributed by atoms with E-state index in [-0.39, 0.29) is 18.5 Å². The molecule has 0 aromatic carbocycles. The van der Waals surface area contributed by atoms with E-state index in [9.17, 15) is 9.18 Å². The zero-order chi connectivity index (χ0) is 12.0. The SMILES string of the molecule is CCC(=O)COC1CCC#CC(C)(F)CC1. The maximum absolute atomic E-state index is 13.7. The Hall–Kier alpha value is -0.880. The maximum atomic E-state index is 13.7. The van der Waals surface area contributed by atoms with Gasteiger partial charge >= 0.3 is 0 Å². The molecular formula is C13H19FO2. The minimum absolute atomic E-state index is 0.0276. The number of alkyl halides is 1. The van der Waals surface area contributed by atoms with Crippen molar-refractivity contribution in [3.05, 3.63) is 0 Å². The third-order valence-corrected chi connectivity index (χ3v) is 2.75. The van der Waals surface area contributed by atoms with Gasteiger partial charge in [-0.2, -0.15) is 0 Å². The number of ether oxygens (including phenoxy) is 1. The summed E-state index contributed by atoms with van der Waals surface area (Å²) in [6.45, 7) is 3.46. The first-order valence-electron chi connectivity index (χ1n) is 5.86. The van der Waals surface area contributed by atoms with Gasteiger partial charge in [-0.25, -0.2) is 4.39 Å². The van der Waals surface area contributed by atoms with Crippen LogP contribution in [0.15, 0.2) is 0 Å². The topological polar surface area (TPSA) is 26.3 Å². The van der Waals surface area contributed by atoms with Crippen molar-refractivity contribution >= 4 is 5.78 Å². The summed E-state index contributed by atoms with van der Waals surface area (Å²) in [5.41, 5.74) is -1.41. The van der Waals surface area contributed by atoms with E-state index < -0.39 is 5.67 Å². The average molecular weight is 226 g/mol. The number of halogens is 1. The lowest BCUT2D eigenvalue weighted by molar-refractivity contribution is -0.125. The summed E-state index contributed by atoms with van der Waals surface area (Å²) >= 11 is 0. The monoisotopic (exact) mass is 226 g/mol. The molecule has 90 valence electrons. The number of hydrogen-bond donors (Lipinski definition) is 0. The van der Waals surface area contributed by atoms with Crippen molar-refractivity contribution in [2.45, 2.75) is 57.7 Å². The fourth-order valence-electron chi connectivity index (χ4n) is 1.60. The van der Waals surface area contributed by atoms with Crippen LogP contribution in [0.2, 0.25) is 0 Å². The summed E-state index contributed by atoms with van der Waals surface area (Å²) in [6, 6.07) is 0. The Balaban J connectivity index is 2.41. The first-order valence-corrected chi connectivity index (χ1v) is 5.86. The zero-order valence-electron chi connectivity index (χ0n) is 10.0. The second-order valence-electron chi connectivity index (χ2n) is 4.40. The molecule has 0 saturated carbocycles. The molecule has 0 bridgehead atoms. The van der Waals surface area contributed by atoms with E-state index in [4.69, 9.17) is 4.74 Å². The molecule has 0 radical (unpaired) electrons. The number of carbonyl (C=O) groups excluding carboxylic acids is 1. The quantitative estimate of drug-likeness (QED) is 0.689. The highest BCUT2D eigenvalue weighted by atomic mass is 19.1. The van der Waals surface area contributed by atoms with Crippen molar-refractivity contribution < 1.29 is 13.9 Å². The summed E-state index contributed by atoms with van der Waals surface area (Å²) in [5.74, 6) is 5.53. The summed E-state index contributed by atoms with van der Waals surface area (Å²) in [6.07, 6.45) is 2.92. The Morgan fingerprint density at radius 3 is 3.00 bits per heavy atom. The van der Waals surface area contributed by atoms with Crippen molar-refractivity contribution in [3.63, 3.8) is 0 Å². The van der Waals surface area contributed by atoms with Gasteiger partial charge in [0.25, 0.3) is 0 Å². The number of carbonyl (C=O) groups is 1. The van der Waals surface area contributed by atoms with Crippen molar-refractivity contribution in [3.8, 4) is 11.8 Å².